The molecular formula is C40H37NO4. The first-order chi connectivity index (χ1) is 22.1. The van der Waals surface area contributed by atoms with Gasteiger partial charge in [0.05, 0.1) is 6.04 Å². The van der Waals surface area contributed by atoms with Gasteiger partial charge < -0.3 is 14.2 Å². The lowest BCUT2D eigenvalue weighted by molar-refractivity contribution is -0.122. The molecule has 0 fully saturated rings. The number of fused-ring (bicyclic) bond motifs is 2. The van der Waals surface area contributed by atoms with E-state index in [4.69, 9.17) is 14.2 Å². The molecule has 0 N–H and O–H groups in total. The number of para-hydroxylation sites is 1. The van der Waals surface area contributed by atoms with Crippen LogP contribution in [0.25, 0.3) is 0 Å². The number of anilines is 1. The number of nitrogens with zero attached hydrogens (tertiary/aromatic N) is 1. The summed E-state index contributed by atoms with van der Waals surface area (Å²) in [6.07, 6.45) is 0.594. The molecule has 2 heterocycles. The van der Waals surface area contributed by atoms with Gasteiger partial charge in [0.2, 0.25) is 5.91 Å². The molecule has 1 atom stereocenters. The molecule has 0 saturated carbocycles. The molecule has 0 aliphatic carbocycles. The Labute approximate surface area is 265 Å². The van der Waals surface area contributed by atoms with Gasteiger partial charge in [0.15, 0.2) is 11.5 Å². The van der Waals surface area contributed by atoms with Gasteiger partial charge >= 0.3 is 0 Å². The van der Waals surface area contributed by atoms with E-state index in [1.807, 2.05) is 95.9 Å². The quantitative estimate of drug-likeness (QED) is 0.171. The van der Waals surface area contributed by atoms with Gasteiger partial charge in [-0.1, -0.05) is 123 Å². The first-order valence-electron chi connectivity index (χ1n) is 15.7. The summed E-state index contributed by atoms with van der Waals surface area (Å²) >= 11 is 0. The molecule has 0 bridgehead atoms. The van der Waals surface area contributed by atoms with Crippen LogP contribution in [0, 0.1) is 5.92 Å². The zero-order chi connectivity index (χ0) is 30.8. The molecular weight excluding hydrogens is 558 g/mol. The van der Waals surface area contributed by atoms with Crippen molar-refractivity contribution < 1.29 is 19.0 Å². The summed E-state index contributed by atoms with van der Waals surface area (Å²) in [5, 5.41) is 0. The summed E-state index contributed by atoms with van der Waals surface area (Å²) in [5.74, 6) is 2.12. The second-order valence-corrected chi connectivity index (χ2v) is 12.2. The van der Waals surface area contributed by atoms with Crippen molar-refractivity contribution in [3.63, 3.8) is 0 Å². The number of ether oxygens (including phenoxy) is 3. The molecule has 7 rings (SSSR count). The van der Waals surface area contributed by atoms with E-state index in [0.717, 1.165) is 33.5 Å². The predicted molar refractivity (Wildman–Crippen MR) is 177 cm³/mol. The Hall–Kier alpha value is -5.03. The van der Waals surface area contributed by atoms with E-state index >= 15 is 4.79 Å². The first-order valence-corrected chi connectivity index (χ1v) is 15.7. The Kier molecular flexibility index (Phi) is 7.76. The summed E-state index contributed by atoms with van der Waals surface area (Å²) < 4.78 is 18.8. The average molecular weight is 596 g/mol. The number of hydrogen-bond donors (Lipinski definition) is 0. The highest BCUT2D eigenvalue weighted by molar-refractivity contribution is 6.11. The number of hydrogen-bond acceptors (Lipinski definition) is 4. The van der Waals surface area contributed by atoms with Gasteiger partial charge in [0, 0.05) is 17.3 Å². The van der Waals surface area contributed by atoms with Crippen LogP contribution in [0.1, 0.15) is 54.1 Å². The molecule has 1 amide bonds. The zero-order valence-corrected chi connectivity index (χ0v) is 25.7. The van der Waals surface area contributed by atoms with Gasteiger partial charge in [-0.3, -0.25) is 9.69 Å². The summed E-state index contributed by atoms with van der Waals surface area (Å²) in [6.45, 7) is 5.63. The smallest absolute Gasteiger partial charge is 0.243 e. The minimum Gasteiger partial charge on any atom is -0.488 e. The van der Waals surface area contributed by atoms with Crippen LogP contribution in [0.2, 0.25) is 0 Å². The molecule has 2 aliphatic heterocycles. The molecule has 5 aromatic rings. The van der Waals surface area contributed by atoms with Crippen LogP contribution in [-0.2, 0) is 16.8 Å². The fraction of sp³-hybridized carbons (Fsp3) is 0.225. The summed E-state index contributed by atoms with van der Waals surface area (Å²) in [6, 6.07) is 42.5. The van der Waals surface area contributed by atoms with Crippen LogP contribution in [-0.4, -0.2) is 19.1 Å². The summed E-state index contributed by atoms with van der Waals surface area (Å²) in [7, 11) is 0. The molecule has 5 aromatic carbocycles. The third-order valence-electron chi connectivity index (χ3n) is 8.75. The van der Waals surface area contributed by atoms with E-state index in [9.17, 15) is 0 Å². The van der Waals surface area contributed by atoms with Crippen molar-refractivity contribution in [1.29, 1.82) is 0 Å². The highest BCUT2D eigenvalue weighted by Gasteiger charge is 2.55. The Morgan fingerprint density at radius 3 is 1.89 bits per heavy atom. The maximum absolute atomic E-state index is 15.6. The topological polar surface area (TPSA) is 48.0 Å². The molecule has 1 unspecified atom stereocenters. The molecule has 0 spiro atoms. The van der Waals surface area contributed by atoms with Crippen LogP contribution < -0.4 is 19.1 Å². The highest BCUT2D eigenvalue weighted by Crippen LogP contribution is 2.56. The minimum absolute atomic E-state index is 0.0244. The molecule has 45 heavy (non-hydrogen) atoms. The van der Waals surface area contributed by atoms with Crippen LogP contribution in [0.3, 0.4) is 0 Å². The molecule has 2 aliphatic rings. The average Bonchev–Trinajstić information content (AvgIpc) is 3.32. The molecule has 0 radical (unpaired) electrons. The van der Waals surface area contributed by atoms with Crippen LogP contribution in [0.4, 0.5) is 5.69 Å². The van der Waals surface area contributed by atoms with E-state index in [0.29, 0.717) is 43.5 Å². The van der Waals surface area contributed by atoms with Crippen LogP contribution >= 0.6 is 0 Å². The molecule has 226 valence electrons. The third-order valence-corrected chi connectivity index (χ3v) is 8.75. The van der Waals surface area contributed by atoms with Gasteiger partial charge in [0.1, 0.15) is 31.0 Å². The zero-order valence-electron chi connectivity index (χ0n) is 25.7. The van der Waals surface area contributed by atoms with Crippen molar-refractivity contribution >= 4 is 11.6 Å². The van der Waals surface area contributed by atoms with Crippen molar-refractivity contribution in [3.8, 4) is 17.2 Å². The maximum atomic E-state index is 15.6. The molecule has 0 saturated heterocycles. The minimum atomic E-state index is -1.02. The lowest BCUT2D eigenvalue weighted by Gasteiger charge is -2.36. The van der Waals surface area contributed by atoms with E-state index in [2.05, 4.69) is 50.2 Å². The van der Waals surface area contributed by atoms with Crippen LogP contribution in [0.15, 0.2) is 127 Å². The highest BCUT2D eigenvalue weighted by atomic mass is 16.6. The Morgan fingerprint density at radius 2 is 1.27 bits per heavy atom. The third kappa shape index (κ3) is 5.22. The Balaban J connectivity index is 1.45. The lowest BCUT2D eigenvalue weighted by Crippen LogP contribution is -2.44. The standard InChI is InChI=1S/C40H37NO4/c1-28(2)26-40(33-24-36-37(44-23-22-43-36)25-35(33)45-27-29-14-6-3-7-15-29)32-20-12-13-21-34(32)41(39(40)42)38(30-16-8-4-9-17-30)31-18-10-5-11-19-31/h3-21,24-25,28,38H,22-23,26-27H2,1-2H3. The SMILES string of the molecule is CC(C)CC1(c2cc3c(cc2OCc2ccccc2)OCCO3)C(=O)N(C(c2ccccc2)c2ccccc2)c2ccccc21. The fourth-order valence-corrected chi connectivity index (χ4v) is 6.93. The van der Waals surface area contributed by atoms with Crippen LogP contribution in [0.5, 0.6) is 17.2 Å². The van der Waals surface area contributed by atoms with Crippen molar-refractivity contribution in [2.45, 2.75) is 38.3 Å². The number of carbonyl (C=O) groups is 1. The van der Waals surface area contributed by atoms with E-state index in [1.165, 1.54) is 0 Å². The van der Waals surface area contributed by atoms with Crippen molar-refractivity contribution in [3.05, 3.63) is 155 Å². The van der Waals surface area contributed by atoms with Gasteiger partial charge in [-0.05, 0) is 46.7 Å². The van der Waals surface area contributed by atoms with Crippen molar-refractivity contribution in [1.82, 2.24) is 0 Å². The monoisotopic (exact) mass is 595 g/mol. The van der Waals surface area contributed by atoms with Gasteiger partial charge in [-0.25, -0.2) is 0 Å². The Bertz CT molecular complexity index is 1750. The number of rotatable bonds is 9. The van der Waals surface area contributed by atoms with Gasteiger partial charge in [-0.15, -0.1) is 0 Å². The van der Waals surface area contributed by atoms with Gasteiger partial charge in [-0.2, -0.15) is 0 Å². The first kappa shape index (κ1) is 28.7. The summed E-state index contributed by atoms with van der Waals surface area (Å²) in [4.78, 5) is 17.6. The van der Waals surface area contributed by atoms with Gasteiger partial charge in [0.25, 0.3) is 0 Å². The predicted octanol–water partition coefficient (Wildman–Crippen LogP) is 8.51. The number of amides is 1. The maximum Gasteiger partial charge on any atom is 0.243 e. The van der Waals surface area contributed by atoms with Crippen molar-refractivity contribution in [2.75, 3.05) is 18.1 Å². The lowest BCUT2D eigenvalue weighted by atomic mass is 9.69. The largest absolute Gasteiger partial charge is 0.488 e. The molecule has 0 aromatic heterocycles. The van der Waals surface area contributed by atoms with E-state index < -0.39 is 5.41 Å². The number of benzene rings is 5. The second kappa shape index (κ2) is 12.2. The number of carbonyl (C=O) groups excluding carboxylic acids is 1. The molecule has 5 heteroatoms. The van der Waals surface area contributed by atoms with E-state index in [-0.39, 0.29) is 17.9 Å². The second-order valence-electron chi connectivity index (χ2n) is 12.2. The summed E-state index contributed by atoms with van der Waals surface area (Å²) in [5.41, 5.74) is 4.81. The molecule has 5 nitrogen and oxygen atoms in total. The van der Waals surface area contributed by atoms with Crippen molar-refractivity contribution in [2.24, 2.45) is 5.92 Å². The normalized spacial score (nSPS) is 17.1. The fourth-order valence-electron chi connectivity index (χ4n) is 6.93. The Morgan fingerprint density at radius 1 is 0.711 bits per heavy atom. The van der Waals surface area contributed by atoms with E-state index in [1.54, 1.807) is 0 Å².